The van der Waals surface area contributed by atoms with E-state index in [0.717, 1.165) is 37.3 Å². The Labute approximate surface area is 125 Å². The normalized spacial score (nSPS) is 11.2. The van der Waals surface area contributed by atoms with Crippen molar-refractivity contribution in [3.63, 3.8) is 0 Å². The first-order valence-electron chi connectivity index (χ1n) is 8.58. The largest absolute Gasteiger partial charge is 0.384 e. The fourth-order valence-electron chi connectivity index (χ4n) is 2.77. The number of imidazole rings is 1. The van der Waals surface area contributed by atoms with Crippen molar-refractivity contribution in [1.82, 2.24) is 9.55 Å². The summed E-state index contributed by atoms with van der Waals surface area (Å²) in [5.74, 6) is 2.08. The molecular formula is C17H33N3. The molecular weight excluding hydrogens is 246 g/mol. The molecule has 0 aromatic carbocycles. The van der Waals surface area contributed by atoms with Gasteiger partial charge in [0.15, 0.2) is 0 Å². The van der Waals surface area contributed by atoms with Crippen molar-refractivity contribution in [1.29, 1.82) is 0 Å². The SMILES string of the molecule is CCCCCCCCCc1nc(CCC)n(CC)c1N. The summed E-state index contributed by atoms with van der Waals surface area (Å²) < 4.78 is 2.18. The minimum absolute atomic E-state index is 0.905. The summed E-state index contributed by atoms with van der Waals surface area (Å²) in [6, 6.07) is 0. The molecule has 1 rings (SSSR count). The molecule has 0 unspecified atom stereocenters. The lowest BCUT2D eigenvalue weighted by molar-refractivity contribution is 0.587. The standard InChI is InChI=1S/C17H33N3/c1-4-7-8-9-10-11-12-14-15-17(18)20(6-3)16(19-15)13-5-2/h4-14,18H2,1-3H3. The van der Waals surface area contributed by atoms with Crippen LogP contribution >= 0.6 is 0 Å². The summed E-state index contributed by atoms with van der Waals surface area (Å²) in [4.78, 5) is 4.76. The van der Waals surface area contributed by atoms with E-state index in [1.807, 2.05) is 0 Å². The fraction of sp³-hybridized carbons (Fsp3) is 0.824. The summed E-state index contributed by atoms with van der Waals surface area (Å²) >= 11 is 0. The van der Waals surface area contributed by atoms with Gasteiger partial charge in [0.2, 0.25) is 0 Å². The van der Waals surface area contributed by atoms with Gasteiger partial charge < -0.3 is 10.3 Å². The van der Waals surface area contributed by atoms with E-state index in [4.69, 9.17) is 10.7 Å². The molecule has 2 N–H and O–H groups in total. The Morgan fingerprint density at radius 3 is 2.10 bits per heavy atom. The molecule has 1 heterocycles. The lowest BCUT2D eigenvalue weighted by Crippen LogP contribution is -2.05. The second-order valence-electron chi connectivity index (χ2n) is 5.73. The van der Waals surface area contributed by atoms with Crippen molar-refractivity contribution in [3.8, 4) is 0 Å². The van der Waals surface area contributed by atoms with Crippen LogP contribution in [0.3, 0.4) is 0 Å². The highest BCUT2D eigenvalue weighted by atomic mass is 15.1. The van der Waals surface area contributed by atoms with Gasteiger partial charge in [-0.1, -0.05) is 52.4 Å². The van der Waals surface area contributed by atoms with Gasteiger partial charge in [0, 0.05) is 13.0 Å². The first kappa shape index (κ1) is 17.1. The van der Waals surface area contributed by atoms with Crippen LogP contribution in [0.15, 0.2) is 0 Å². The van der Waals surface area contributed by atoms with Crippen LogP contribution in [0.1, 0.15) is 83.7 Å². The number of rotatable bonds is 11. The summed E-state index contributed by atoms with van der Waals surface area (Å²) in [7, 11) is 0. The smallest absolute Gasteiger partial charge is 0.126 e. The summed E-state index contributed by atoms with van der Waals surface area (Å²) in [5, 5.41) is 0. The van der Waals surface area contributed by atoms with Gasteiger partial charge in [-0.15, -0.1) is 0 Å². The molecule has 1 aromatic heterocycles. The van der Waals surface area contributed by atoms with Gasteiger partial charge in [-0.05, 0) is 26.2 Å². The molecule has 0 bridgehead atoms. The van der Waals surface area contributed by atoms with Crippen molar-refractivity contribution >= 4 is 5.82 Å². The van der Waals surface area contributed by atoms with Crippen LogP contribution in [0.2, 0.25) is 0 Å². The lowest BCUT2D eigenvalue weighted by atomic mass is 10.1. The Kier molecular flexibility index (Phi) is 8.40. The number of aryl methyl sites for hydroxylation is 2. The highest BCUT2D eigenvalue weighted by Gasteiger charge is 2.12. The highest BCUT2D eigenvalue weighted by molar-refractivity contribution is 5.38. The predicted molar refractivity (Wildman–Crippen MR) is 88.0 cm³/mol. The molecule has 0 radical (unpaired) electrons. The van der Waals surface area contributed by atoms with Crippen LogP contribution in [-0.2, 0) is 19.4 Å². The van der Waals surface area contributed by atoms with E-state index < -0.39 is 0 Å². The second-order valence-corrected chi connectivity index (χ2v) is 5.73. The molecule has 3 heteroatoms. The summed E-state index contributed by atoms with van der Waals surface area (Å²) in [6.07, 6.45) is 12.6. The van der Waals surface area contributed by atoms with Crippen molar-refractivity contribution < 1.29 is 0 Å². The van der Waals surface area contributed by atoms with Gasteiger partial charge >= 0.3 is 0 Å². The van der Waals surface area contributed by atoms with Crippen LogP contribution in [0.5, 0.6) is 0 Å². The van der Waals surface area contributed by atoms with Gasteiger partial charge in [-0.2, -0.15) is 0 Å². The van der Waals surface area contributed by atoms with E-state index in [-0.39, 0.29) is 0 Å². The zero-order valence-electron chi connectivity index (χ0n) is 13.7. The molecule has 0 atom stereocenters. The van der Waals surface area contributed by atoms with Gasteiger partial charge in [-0.3, -0.25) is 0 Å². The first-order valence-corrected chi connectivity index (χ1v) is 8.58. The molecule has 1 aromatic rings. The van der Waals surface area contributed by atoms with E-state index in [2.05, 4.69) is 25.3 Å². The summed E-state index contributed by atoms with van der Waals surface area (Å²) in [6.45, 7) is 7.54. The Bertz CT molecular complexity index is 369. The number of nitrogens with two attached hydrogens (primary N) is 1. The average Bonchev–Trinajstić information content (AvgIpc) is 2.74. The summed E-state index contributed by atoms with van der Waals surface area (Å²) in [5.41, 5.74) is 7.35. The first-order chi connectivity index (χ1) is 9.74. The molecule has 3 nitrogen and oxygen atoms in total. The van der Waals surface area contributed by atoms with Crippen LogP contribution in [0, 0.1) is 0 Å². The molecule has 20 heavy (non-hydrogen) atoms. The molecule has 116 valence electrons. The third kappa shape index (κ3) is 5.18. The average molecular weight is 279 g/mol. The van der Waals surface area contributed by atoms with Crippen LogP contribution in [0.25, 0.3) is 0 Å². The molecule has 0 aliphatic carbocycles. The Morgan fingerprint density at radius 2 is 1.50 bits per heavy atom. The van der Waals surface area contributed by atoms with E-state index in [1.165, 1.54) is 50.8 Å². The van der Waals surface area contributed by atoms with Crippen LogP contribution in [0.4, 0.5) is 5.82 Å². The van der Waals surface area contributed by atoms with Gasteiger partial charge in [0.05, 0.1) is 5.69 Å². The topological polar surface area (TPSA) is 43.8 Å². The van der Waals surface area contributed by atoms with Crippen molar-refractivity contribution in [3.05, 3.63) is 11.5 Å². The maximum atomic E-state index is 6.23. The molecule has 0 spiro atoms. The number of hydrogen-bond donors (Lipinski definition) is 1. The van der Waals surface area contributed by atoms with E-state index in [9.17, 15) is 0 Å². The minimum atomic E-state index is 0.905. The third-order valence-corrected chi connectivity index (χ3v) is 3.97. The number of nitrogens with zero attached hydrogens (tertiary/aromatic N) is 2. The van der Waals surface area contributed by atoms with Crippen LogP contribution < -0.4 is 5.73 Å². The number of nitrogen functional groups attached to an aromatic ring is 1. The van der Waals surface area contributed by atoms with Crippen molar-refractivity contribution in [2.75, 3.05) is 5.73 Å². The maximum Gasteiger partial charge on any atom is 0.126 e. The van der Waals surface area contributed by atoms with Gasteiger partial charge in [-0.25, -0.2) is 4.98 Å². The van der Waals surface area contributed by atoms with E-state index in [0.29, 0.717) is 0 Å². The quantitative estimate of drug-likeness (QED) is 0.595. The Hall–Kier alpha value is -0.990. The minimum Gasteiger partial charge on any atom is -0.384 e. The van der Waals surface area contributed by atoms with Crippen molar-refractivity contribution in [2.24, 2.45) is 0 Å². The Balaban J connectivity index is 2.36. The number of anilines is 1. The predicted octanol–water partition coefficient (Wildman–Crippen LogP) is 4.73. The molecule has 0 saturated carbocycles. The number of unbranched alkanes of at least 4 members (excludes halogenated alkanes) is 6. The molecule has 0 aliphatic rings. The van der Waals surface area contributed by atoms with Gasteiger partial charge in [0.1, 0.15) is 11.6 Å². The molecule has 0 aliphatic heterocycles. The Morgan fingerprint density at radius 1 is 0.850 bits per heavy atom. The molecule has 0 amide bonds. The third-order valence-electron chi connectivity index (χ3n) is 3.97. The van der Waals surface area contributed by atoms with Gasteiger partial charge in [0.25, 0.3) is 0 Å². The van der Waals surface area contributed by atoms with Crippen LogP contribution in [-0.4, -0.2) is 9.55 Å². The number of aromatic nitrogens is 2. The highest BCUT2D eigenvalue weighted by Crippen LogP contribution is 2.19. The lowest BCUT2D eigenvalue weighted by Gasteiger charge is -2.05. The maximum absolute atomic E-state index is 6.23. The fourth-order valence-corrected chi connectivity index (χ4v) is 2.77. The zero-order chi connectivity index (χ0) is 14.8. The second kappa shape index (κ2) is 9.84. The van der Waals surface area contributed by atoms with E-state index >= 15 is 0 Å². The molecule has 0 fully saturated rings. The monoisotopic (exact) mass is 279 g/mol. The van der Waals surface area contributed by atoms with E-state index in [1.54, 1.807) is 0 Å². The number of hydrogen-bond acceptors (Lipinski definition) is 2. The van der Waals surface area contributed by atoms with Crippen molar-refractivity contribution in [2.45, 2.75) is 91.5 Å². The molecule has 0 saturated heterocycles. The zero-order valence-corrected chi connectivity index (χ0v) is 13.7.